The van der Waals surface area contributed by atoms with Crippen molar-refractivity contribution >= 4 is 11.0 Å². The molecule has 22 heavy (non-hydrogen) atoms. The molecule has 0 radical (unpaired) electrons. The molecule has 5 heteroatoms. The topological polar surface area (TPSA) is 41.6 Å². The monoisotopic (exact) mass is 299 g/mol. The first-order valence-electron chi connectivity index (χ1n) is 7.06. The third-order valence-corrected chi connectivity index (χ3v) is 4.20. The van der Waals surface area contributed by atoms with Crippen LogP contribution < -0.4 is 0 Å². The highest BCUT2D eigenvalue weighted by Crippen LogP contribution is 2.33. The number of pyridine rings is 1. The van der Waals surface area contributed by atoms with Crippen LogP contribution in [0.3, 0.4) is 0 Å². The second-order valence-corrected chi connectivity index (χ2v) is 5.45. The third kappa shape index (κ3) is 2.21. The fraction of sp³-hybridized carbons (Fsp3) is 0.294. The molecule has 2 heterocycles. The molecule has 1 unspecified atom stereocenters. The Balaban J connectivity index is 2.15. The van der Waals surface area contributed by atoms with Gasteiger partial charge in [-0.1, -0.05) is 12.2 Å². The van der Waals surface area contributed by atoms with Crippen molar-refractivity contribution in [3.8, 4) is 6.07 Å². The summed E-state index contributed by atoms with van der Waals surface area (Å²) < 4.78 is 28.0. The molecule has 112 valence electrons. The summed E-state index contributed by atoms with van der Waals surface area (Å²) in [5, 5.41) is 8.91. The van der Waals surface area contributed by atoms with Crippen molar-refractivity contribution in [2.75, 3.05) is 0 Å². The second-order valence-electron chi connectivity index (χ2n) is 5.45. The van der Waals surface area contributed by atoms with Crippen molar-refractivity contribution in [2.45, 2.75) is 32.7 Å². The molecule has 1 aliphatic rings. The average molecular weight is 299 g/mol. The Morgan fingerprint density at radius 3 is 2.77 bits per heavy atom. The summed E-state index contributed by atoms with van der Waals surface area (Å²) in [6.07, 6.45) is 4.97. The lowest BCUT2D eigenvalue weighted by Gasteiger charge is -2.20. The zero-order valence-electron chi connectivity index (χ0n) is 12.3. The maximum absolute atomic E-state index is 13.0. The quantitative estimate of drug-likeness (QED) is 0.816. The fourth-order valence-corrected chi connectivity index (χ4v) is 2.90. The Morgan fingerprint density at radius 2 is 2.18 bits per heavy atom. The summed E-state index contributed by atoms with van der Waals surface area (Å²) in [6.45, 7) is 3.92. The standard InChI is InChI=1S/C17H15F2N3/c1-10-11(2)22(14-5-3-12(8-20)4-6-14)15-7-13(17(18)19)9-21-16(10)15/h3-5,7,9,14,17H,6H2,1-2H3. The normalized spacial score (nSPS) is 17.8. The second kappa shape index (κ2) is 5.38. The van der Waals surface area contributed by atoms with E-state index in [-0.39, 0.29) is 11.6 Å². The molecule has 0 amide bonds. The predicted octanol–water partition coefficient (Wildman–Crippen LogP) is 4.54. The molecule has 3 nitrogen and oxygen atoms in total. The lowest BCUT2D eigenvalue weighted by atomic mass is 10.0. The van der Waals surface area contributed by atoms with Gasteiger partial charge in [0.25, 0.3) is 6.43 Å². The molecule has 1 atom stereocenters. The highest BCUT2D eigenvalue weighted by molar-refractivity contribution is 5.82. The van der Waals surface area contributed by atoms with Crippen LogP contribution in [0, 0.1) is 25.2 Å². The van der Waals surface area contributed by atoms with Gasteiger partial charge in [-0.05, 0) is 38.0 Å². The van der Waals surface area contributed by atoms with Gasteiger partial charge < -0.3 is 4.57 Å². The zero-order chi connectivity index (χ0) is 15.9. The number of alkyl halides is 2. The number of hydrogen-bond donors (Lipinski definition) is 0. The van der Waals surface area contributed by atoms with E-state index >= 15 is 0 Å². The molecule has 2 aromatic heterocycles. The Kier molecular flexibility index (Phi) is 3.53. The number of aromatic nitrogens is 2. The molecular formula is C17H15F2N3. The van der Waals surface area contributed by atoms with E-state index in [2.05, 4.69) is 11.1 Å². The average Bonchev–Trinajstić information content (AvgIpc) is 2.78. The molecule has 0 saturated heterocycles. The fourth-order valence-electron chi connectivity index (χ4n) is 2.90. The number of aryl methyl sites for hydroxylation is 1. The molecule has 0 spiro atoms. The van der Waals surface area contributed by atoms with Crippen molar-refractivity contribution in [3.05, 3.63) is 52.9 Å². The van der Waals surface area contributed by atoms with Gasteiger partial charge in [-0.15, -0.1) is 0 Å². The van der Waals surface area contributed by atoms with Crippen LogP contribution in [0.5, 0.6) is 0 Å². The number of nitriles is 1. The van der Waals surface area contributed by atoms with Gasteiger partial charge in [-0.2, -0.15) is 5.26 Å². The maximum Gasteiger partial charge on any atom is 0.265 e. The SMILES string of the molecule is Cc1c(C)n(C2C=CC(C#N)=CC2)c2cc(C(F)F)cnc12. The molecule has 0 fully saturated rings. The van der Waals surface area contributed by atoms with E-state index in [0.717, 1.165) is 22.3 Å². The minimum Gasteiger partial charge on any atom is -0.336 e. The lowest BCUT2D eigenvalue weighted by molar-refractivity contribution is 0.151. The summed E-state index contributed by atoms with van der Waals surface area (Å²) in [6, 6.07) is 3.65. The zero-order valence-corrected chi connectivity index (χ0v) is 12.3. The minimum absolute atomic E-state index is 0.0167. The Hall–Kier alpha value is -2.48. The lowest BCUT2D eigenvalue weighted by Crippen LogP contribution is -2.10. The van der Waals surface area contributed by atoms with Crippen LogP contribution in [0.15, 0.2) is 36.1 Å². The number of nitrogens with zero attached hydrogens (tertiary/aromatic N) is 3. The van der Waals surface area contributed by atoms with Crippen molar-refractivity contribution in [2.24, 2.45) is 0 Å². The first-order chi connectivity index (χ1) is 10.5. The number of hydrogen-bond acceptors (Lipinski definition) is 2. The maximum atomic E-state index is 13.0. The van der Waals surface area contributed by atoms with Crippen molar-refractivity contribution in [1.29, 1.82) is 5.26 Å². The van der Waals surface area contributed by atoms with Gasteiger partial charge >= 0.3 is 0 Å². The first-order valence-corrected chi connectivity index (χ1v) is 7.06. The Morgan fingerprint density at radius 1 is 1.41 bits per heavy atom. The highest BCUT2D eigenvalue weighted by atomic mass is 19.3. The van der Waals surface area contributed by atoms with Gasteiger partial charge in [0.2, 0.25) is 0 Å². The summed E-state index contributed by atoms with van der Waals surface area (Å²) in [5.41, 5.74) is 4.05. The van der Waals surface area contributed by atoms with E-state index in [0.29, 0.717) is 12.0 Å². The van der Waals surface area contributed by atoms with Gasteiger partial charge in [-0.3, -0.25) is 4.98 Å². The summed E-state index contributed by atoms with van der Waals surface area (Å²) in [5.74, 6) is 0. The van der Waals surface area contributed by atoms with Gasteiger partial charge in [0.05, 0.1) is 23.1 Å². The third-order valence-electron chi connectivity index (χ3n) is 4.20. The van der Waals surface area contributed by atoms with Crippen LogP contribution >= 0.6 is 0 Å². The molecule has 2 aromatic rings. The molecule has 0 aromatic carbocycles. The smallest absolute Gasteiger partial charge is 0.265 e. The van der Waals surface area contributed by atoms with Crippen LogP contribution in [0.2, 0.25) is 0 Å². The first kappa shape index (κ1) is 14.5. The Labute approximate surface area is 127 Å². The van der Waals surface area contributed by atoms with E-state index in [1.165, 1.54) is 12.3 Å². The number of halogens is 2. The molecular weight excluding hydrogens is 284 g/mol. The van der Waals surface area contributed by atoms with E-state index in [1.54, 1.807) is 6.08 Å². The largest absolute Gasteiger partial charge is 0.336 e. The van der Waals surface area contributed by atoms with Gasteiger partial charge in [0.15, 0.2) is 0 Å². The van der Waals surface area contributed by atoms with Crippen molar-refractivity contribution in [1.82, 2.24) is 9.55 Å². The molecule has 3 rings (SSSR count). The van der Waals surface area contributed by atoms with Crippen LogP contribution in [0.4, 0.5) is 8.78 Å². The summed E-state index contributed by atoms with van der Waals surface area (Å²) in [7, 11) is 0. The summed E-state index contributed by atoms with van der Waals surface area (Å²) in [4.78, 5) is 4.22. The van der Waals surface area contributed by atoms with E-state index < -0.39 is 6.43 Å². The van der Waals surface area contributed by atoms with Crippen molar-refractivity contribution < 1.29 is 8.78 Å². The molecule has 1 aliphatic carbocycles. The summed E-state index contributed by atoms with van der Waals surface area (Å²) >= 11 is 0. The van der Waals surface area contributed by atoms with Gasteiger partial charge in [-0.25, -0.2) is 8.78 Å². The van der Waals surface area contributed by atoms with E-state index in [4.69, 9.17) is 5.26 Å². The number of fused-ring (bicyclic) bond motifs is 1. The van der Waals surface area contributed by atoms with Gasteiger partial charge in [0, 0.05) is 23.0 Å². The predicted molar refractivity (Wildman–Crippen MR) is 80.7 cm³/mol. The van der Waals surface area contributed by atoms with Gasteiger partial charge in [0.1, 0.15) is 0 Å². The van der Waals surface area contributed by atoms with Crippen LogP contribution in [-0.2, 0) is 0 Å². The van der Waals surface area contributed by atoms with Crippen LogP contribution in [0.1, 0.15) is 35.7 Å². The van der Waals surface area contributed by atoms with Crippen molar-refractivity contribution in [3.63, 3.8) is 0 Å². The van der Waals surface area contributed by atoms with Crippen LogP contribution in [-0.4, -0.2) is 9.55 Å². The van der Waals surface area contributed by atoms with Crippen LogP contribution in [0.25, 0.3) is 11.0 Å². The molecule has 0 bridgehead atoms. The number of allylic oxidation sites excluding steroid dienone is 4. The molecule has 0 aliphatic heterocycles. The van der Waals surface area contributed by atoms with E-state index in [1.807, 2.05) is 30.6 Å². The highest BCUT2D eigenvalue weighted by Gasteiger charge is 2.20. The Bertz CT molecular complexity index is 838. The molecule has 0 saturated carbocycles. The molecule has 0 N–H and O–H groups in total. The number of rotatable bonds is 2. The minimum atomic E-state index is -2.53. The van der Waals surface area contributed by atoms with E-state index in [9.17, 15) is 8.78 Å².